The molecule has 35 heavy (non-hydrogen) atoms. The molecule has 1 aliphatic heterocycles. The van der Waals surface area contributed by atoms with E-state index in [-0.39, 0.29) is 30.9 Å². The Kier molecular flexibility index (Phi) is 7.45. The van der Waals surface area contributed by atoms with Gasteiger partial charge in [0.15, 0.2) is 6.61 Å². The van der Waals surface area contributed by atoms with Gasteiger partial charge in [-0.15, -0.1) is 0 Å². The van der Waals surface area contributed by atoms with Crippen LogP contribution in [-0.4, -0.2) is 48.9 Å². The maximum absolute atomic E-state index is 13.5. The lowest BCUT2D eigenvalue weighted by Crippen LogP contribution is -2.46. The second-order valence-corrected chi connectivity index (χ2v) is 8.26. The number of carbonyl (C=O) groups is 3. The lowest BCUT2D eigenvalue weighted by molar-refractivity contribution is -0.131. The van der Waals surface area contributed by atoms with Gasteiger partial charge in [-0.2, -0.15) is 0 Å². The van der Waals surface area contributed by atoms with Crippen LogP contribution in [-0.2, 0) is 14.4 Å². The summed E-state index contributed by atoms with van der Waals surface area (Å²) in [5, 5.41) is 3.00. The highest BCUT2D eigenvalue weighted by Gasteiger charge is 2.29. The van der Waals surface area contributed by atoms with E-state index in [2.05, 4.69) is 5.32 Å². The standard InChI is InChI=1S/C28H29N3O4/c1-3-30(4-2)25(32)18-31-23-17-22(15-16-24(23)35-19-26(31)33)29-28(34)27(20-11-7-5-8-12-20)21-13-9-6-10-14-21/h5-17,27H,3-4,18-19H2,1-2H3,(H,29,34). The molecule has 1 N–H and O–H groups in total. The number of hydrogen-bond acceptors (Lipinski definition) is 4. The Morgan fingerprint density at radius 1 is 0.943 bits per heavy atom. The number of amides is 3. The Balaban J connectivity index is 1.61. The van der Waals surface area contributed by atoms with Gasteiger partial charge >= 0.3 is 0 Å². The van der Waals surface area contributed by atoms with E-state index in [1.54, 1.807) is 23.1 Å². The number of rotatable bonds is 8. The van der Waals surface area contributed by atoms with Crippen molar-refractivity contribution in [2.45, 2.75) is 19.8 Å². The fraction of sp³-hybridized carbons (Fsp3) is 0.250. The zero-order valence-corrected chi connectivity index (χ0v) is 19.9. The summed E-state index contributed by atoms with van der Waals surface area (Å²) in [6.45, 7) is 4.73. The number of anilines is 2. The first-order valence-electron chi connectivity index (χ1n) is 11.8. The normalized spacial score (nSPS) is 12.7. The summed E-state index contributed by atoms with van der Waals surface area (Å²) in [4.78, 5) is 42.0. The number of ether oxygens (including phenoxy) is 1. The second kappa shape index (κ2) is 10.9. The average Bonchev–Trinajstić information content (AvgIpc) is 2.88. The van der Waals surface area contributed by atoms with Gasteiger partial charge in [-0.05, 0) is 43.2 Å². The summed E-state index contributed by atoms with van der Waals surface area (Å²) in [7, 11) is 0. The third-order valence-corrected chi connectivity index (χ3v) is 6.11. The van der Waals surface area contributed by atoms with Crippen LogP contribution < -0.4 is 15.0 Å². The second-order valence-electron chi connectivity index (χ2n) is 8.26. The molecule has 7 heteroatoms. The summed E-state index contributed by atoms with van der Waals surface area (Å²) in [6.07, 6.45) is 0. The molecular weight excluding hydrogens is 442 g/mol. The van der Waals surface area contributed by atoms with Crippen molar-refractivity contribution in [2.75, 3.05) is 36.5 Å². The molecule has 0 aliphatic carbocycles. The molecule has 0 bridgehead atoms. The molecule has 0 radical (unpaired) electrons. The molecule has 7 nitrogen and oxygen atoms in total. The van der Waals surface area contributed by atoms with Crippen molar-refractivity contribution in [3.63, 3.8) is 0 Å². The number of carbonyl (C=O) groups excluding carboxylic acids is 3. The molecule has 3 aromatic carbocycles. The molecule has 0 aromatic heterocycles. The van der Waals surface area contributed by atoms with Crippen LogP contribution in [0.25, 0.3) is 0 Å². The molecule has 1 aliphatic rings. The van der Waals surface area contributed by atoms with E-state index in [9.17, 15) is 14.4 Å². The van der Waals surface area contributed by atoms with E-state index in [1.807, 2.05) is 74.5 Å². The third kappa shape index (κ3) is 5.35. The van der Waals surface area contributed by atoms with Gasteiger partial charge < -0.3 is 15.0 Å². The SMILES string of the molecule is CCN(CC)C(=O)CN1C(=O)COc2ccc(NC(=O)C(c3ccccc3)c3ccccc3)cc21. The minimum atomic E-state index is -0.508. The Hall–Kier alpha value is -4.13. The molecule has 1 heterocycles. The first-order valence-corrected chi connectivity index (χ1v) is 11.8. The molecule has 180 valence electrons. The smallest absolute Gasteiger partial charge is 0.265 e. The van der Waals surface area contributed by atoms with Crippen molar-refractivity contribution in [2.24, 2.45) is 0 Å². The maximum Gasteiger partial charge on any atom is 0.265 e. The summed E-state index contributed by atoms with van der Waals surface area (Å²) in [5.41, 5.74) is 2.73. The number of nitrogens with one attached hydrogen (secondary N) is 1. The molecule has 0 atom stereocenters. The maximum atomic E-state index is 13.5. The van der Waals surface area contributed by atoms with Crippen molar-refractivity contribution in [1.29, 1.82) is 0 Å². The van der Waals surface area contributed by atoms with Gasteiger partial charge in [-0.25, -0.2) is 0 Å². The highest BCUT2D eigenvalue weighted by atomic mass is 16.5. The monoisotopic (exact) mass is 471 g/mol. The van der Waals surface area contributed by atoms with Crippen molar-refractivity contribution < 1.29 is 19.1 Å². The number of nitrogens with zero attached hydrogens (tertiary/aromatic N) is 2. The van der Waals surface area contributed by atoms with Gasteiger partial charge in [-0.1, -0.05) is 60.7 Å². The molecule has 0 unspecified atom stereocenters. The van der Waals surface area contributed by atoms with E-state index < -0.39 is 5.92 Å². The molecule has 0 saturated carbocycles. The Labute approximate surface area is 205 Å². The number of benzene rings is 3. The minimum Gasteiger partial charge on any atom is -0.482 e. The van der Waals surface area contributed by atoms with Gasteiger partial charge in [0.05, 0.1) is 11.6 Å². The predicted molar refractivity (Wildman–Crippen MR) is 136 cm³/mol. The van der Waals surface area contributed by atoms with Gasteiger partial charge in [0, 0.05) is 18.8 Å². The molecule has 0 fully saturated rings. The highest BCUT2D eigenvalue weighted by Crippen LogP contribution is 2.35. The van der Waals surface area contributed by atoms with Crippen LogP contribution in [0.5, 0.6) is 5.75 Å². The molecule has 0 saturated heterocycles. The summed E-state index contributed by atoms with van der Waals surface area (Å²) in [5.74, 6) is -0.646. The van der Waals surface area contributed by atoms with Crippen molar-refractivity contribution in [1.82, 2.24) is 4.90 Å². The van der Waals surface area contributed by atoms with Crippen LogP contribution in [0.2, 0.25) is 0 Å². The zero-order chi connectivity index (χ0) is 24.8. The Morgan fingerprint density at radius 2 is 1.54 bits per heavy atom. The van der Waals surface area contributed by atoms with Gasteiger partial charge in [0.1, 0.15) is 12.3 Å². The van der Waals surface area contributed by atoms with E-state index in [0.29, 0.717) is 30.2 Å². The fourth-order valence-corrected chi connectivity index (χ4v) is 4.27. The molecule has 4 rings (SSSR count). The van der Waals surface area contributed by atoms with Crippen LogP contribution in [0.15, 0.2) is 78.9 Å². The lowest BCUT2D eigenvalue weighted by atomic mass is 9.90. The van der Waals surface area contributed by atoms with Crippen LogP contribution in [0, 0.1) is 0 Å². The number of fused-ring (bicyclic) bond motifs is 1. The third-order valence-electron chi connectivity index (χ3n) is 6.11. The van der Waals surface area contributed by atoms with Gasteiger partial charge in [0.2, 0.25) is 11.8 Å². The van der Waals surface area contributed by atoms with Crippen LogP contribution in [0.1, 0.15) is 30.9 Å². The van der Waals surface area contributed by atoms with Crippen molar-refractivity contribution in [3.05, 3.63) is 90.0 Å². The van der Waals surface area contributed by atoms with E-state index in [1.165, 1.54) is 4.90 Å². The Morgan fingerprint density at radius 3 is 2.11 bits per heavy atom. The topological polar surface area (TPSA) is 79.0 Å². The van der Waals surface area contributed by atoms with Crippen LogP contribution in [0.3, 0.4) is 0 Å². The predicted octanol–water partition coefficient (Wildman–Crippen LogP) is 4.05. The highest BCUT2D eigenvalue weighted by molar-refractivity contribution is 6.04. The first kappa shape index (κ1) is 24.0. The number of likely N-dealkylation sites (N-methyl/N-ethyl adjacent to an activating group) is 1. The first-order chi connectivity index (χ1) is 17.0. The molecular formula is C28H29N3O4. The van der Waals surface area contributed by atoms with Crippen LogP contribution >= 0.6 is 0 Å². The largest absolute Gasteiger partial charge is 0.482 e. The zero-order valence-electron chi connectivity index (χ0n) is 19.9. The molecule has 3 aromatic rings. The minimum absolute atomic E-state index is 0.0784. The van der Waals surface area contributed by atoms with Gasteiger partial charge in [0.25, 0.3) is 5.91 Å². The Bertz CT molecular complexity index is 1150. The van der Waals surface area contributed by atoms with Crippen LogP contribution in [0.4, 0.5) is 11.4 Å². The molecule has 3 amide bonds. The summed E-state index contributed by atoms with van der Waals surface area (Å²) >= 11 is 0. The fourth-order valence-electron chi connectivity index (χ4n) is 4.27. The summed E-state index contributed by atoms with van der Waals surface area (Å²) < 4.78 is 5.58. The lowest BCUT2D eigenvalue weighted by Gasteiger charge is -2.31. The van der Waals surface area contributed by atoms with Gasteiger partial charge in [-0.3, -0.25) is 19.3 Å². The van der Waals surface area contributed by atoms with E-state index >= 15 is 0 Å². The van der Waals surface area contributed by atoms with E-state index in [0.717, 1.165) is 11.1 Å². The van der Waals surface area contributed by atoms with Crippen molar-refractivity contribution in [3.8, 4) is 5.75 Å². The molecule has 0 spiro atoms. The van der Waals surface area contributed by atoms with E-state index in [4.69, 9.17) is 4.74 Å². The number of hydrogen-bond donors (Lipinski definition) is 1. The van der Waals surface area contributed by atoms with Crippen molar-refractivity contribution >= 4 is 29.1 Å². The quantitative estimate of drug-likeness (QED) is 0.538. The average molecular weight is 472 g/mol. The summed E-state index contributed by atoms with van der Waals surface area (Å²) in [6, 6.07) is 24.3.